The zero-order valence-corrected chi connectivity index (χ0v) is 13.7. The molecule has 1 aliphatic rings. The van der Waals surface area contributed by atoms with Gasteiger partial charge in [0, 0.05) is 24.7 Å². The van der Waals surface area contributed by atoms with Crippen molar-refractivity contribution in [1.29, 1.82) is 0 Å². The van der Waals surface area contributed by atoms with Gasteiger partial charge in [-0.3, -0.25) is 10.1 Å². The van der Waals surface area contributed by atoms with E-state index in [-0.39, 0.29) is 16.6 Å². The first-order valence-electron chi connectivity index (χ1n) is 7.34. The fourth-order valence-electron chi connectivity index (χ4n) is 2.35. The van der Waals surface area contributed by atoms with Crippen LogP contribution in [0.2, 0.25) is 0 Å². The van der Waals surface area contributed by atoms with Gasteiger partial charge in [0.1, 0.15) is 0 Å². The standard InChI is InChI=1S/C15H19N3O5S/c1-2-14(19)11-13-5-3-4-10-17(13)16-24(22,23)15-8-6-12(7-9-15)18(20)21/h2-3,5-9,13-14,16,19H,1,4,10-11H2/t13-,14+/m0/s1. The Hall–Kier alpha value is -2.07. The number of nitro benzene ring substituents is 1. The quantitative estimate of drug-likeness (QED) is 0.435. The maximum atomic E-state index is 12.5. The molecule has 1 heterocycles. The second kappa shape index (κ2) is 7.67. The fraction of sp³-hybridized carbons (Fsp3) is 0.333. The Morgan fingerprint density at radius 2 is 2.12 bits per heavy atom. The predicted molar refractivity (Wildman–Crippen MR) is 88.5 cm³/mol. The molecule has 8 nitrogen and oxygen atoms in total. The molecule has 0 aliphatic carbocycles. The van der Waals surface area contributed by atoms with Crippen molar-refractivity contribution in [2.75, 3.05) is 6.54 Å². The molecule has 0 amide bonds. The van der Waals surface area contributed by atoms with E-state index in [1.165, 1.54) is 23.2 Å². The van der Waals surface area contributed by atoms with Gasteiger partial charge in [0.25, 0.3) is 15.7 Å². The SMILES string of the molecule is C=C[C@@H](O)C[C@@H]1C=CCCN1NS(=O)(=O)c1ccc([N+](=O)[O-])cc1. The lowest BCUT2D eigenvalue weighted by Crippen LogP contribution is -2.50. The summed E-state index contributed by atoms with van der Waals surface area (Å²) in [4.78, 5) is 12.5. The van der Waals surface area contributed by atoms with Crippen molar-refractivity contribution in [3.63, 3.8) is 0 Å². The van der Waals surface area contributed by atoms with E-state index in [1.807, 2.05) is 12.2 Å². The molecule has 0 unspecified atom stereocenters. The average molecular weight is 353 g/mol. The maximum absolute atomic E-state index is 12.5. The van der Waals surface area contributed by atoms with Crippen LogP contribution in [-0.4, -0.2) is 42.1 Å². The van der Waals surface area contributed by atoms with Crippen molar-refractivity contribution < 1.29 is 18.4 Å². The van der Waals surface area contributed by atoms with E-state index < -0.39 is 21.1 Å². The van der Waals surface area contributed by atoms with E-state index in [4.69, 9.17) is 0 Å². The smallest absolute Gasteiger partial charge is 0.269 e. The van der Waals surface area contributed by atoms with Crippen LogP contribution < -0.4 is 4.83 Å². The zero-order valence-electron chi connectivity index (χ0n) is 12.9. The summed E-state index contributed by atoms with van der Waals surface area (Å²) in [5, 5.41) is 21.9. The number of rotatable bonds is 7. The van der Waals surface area contributed by atoms with Crippen molar-refractivity contribution >= 4 is 15.7 Å². The molecule has 0 bridgehead atoms. The molecule has 0 aromatic heterocycles. The number of non-ortho nitro benzene ring substituents is 1. The van der Waals surface area contributed by atoms with Crippen molar-refractivity contribution in [2.24, 2.45) is 0 Å². The summed E-state index contributed by atoms with van der Waals surface area (Å²) in [6.45, 7) is 3.97. The molecule has 1 aromatic rings. The summed E-state index contributed by atoms with van der Waals surface area (Å²) >= 11 is 0. The van der Waals surface area contributed by atoms with Gasteiger partial charge in [-0.15, -0.1) is 11.4 Å². The fourth-order valence-corrected chi connectivity index (χ4v) is 3.49. The minimum Gasteiger partial charge on any atom is -0.389 e. The van der Waals surface area contributed by atoms with Gasteiger partial charge in [0.05, 0.1) is 15.9 Å². The summed E-state index contributed by atoms with van der Waals surface area (Å²) in [5.41, 5.74) is -0.179. The summed E-state index contributed by atoms with van der Waals surface area (Å²) in [7, 11) is -3.87. The maximum Gasteiger partial charge on any atom is 0.269 e. The topological polar surface area (TPSA) is 113 Å². The van der Waals surface area contributed by atoms with Crippen molar-refractivity contribution in [1.82, 2.24) is 9.84 Å². The monoisotopic (exact) mass is 353 g/mol. The summed E-state index contributed by atoms with van der Waals surface area (Å²) in [6.07, 6.45) is 5.38. The van der Waals surface area contributed by atoms with Crippen LogP contribution in [0.1, 0.15) is 12.8 Å². The van der Waals surface area contributed by atoms with Crippen LogP contribution in [0.4, 0.5) is 5.69 Å². The molecular formula is C15H19N3O5S. The van der Waals surface area contributed by atoms with E-state index in [2.05, 4.69) is 11.4 Å². The second-order valence-electron chi connectivity index (χ2n) is 5.36. The molecule has 2 atom stereocenters. The first-order valence-corrected chi connectivity index (χ1v) is 8.82. The van der Waals surface area contributed by atoms with Gasteiger partial charge in [-0.05, 0) is 25.0 Å². The van der Waals surface area contributed by atoms with Gasteiger partial charge in [-0.1, -0.05) is 18.2 Å². The molecule has 24 heavy (non-hydrogen) atoms. The third-order valence-corrected chi connectivity index (χ3v) is 5.01. The second-order valence-corrected chi connectivity index (χ2v) is 7.02. The lowest BCUT2D eigenvalue weighted by Gasteiger charge is -2.32. The minimum atomic E-state index is -3.87. The Balaban J connectivity index is 2.15. The molecule has 9 heteroatoms. The highest BCUT2D eigenvalue weighted by Gasteiger charge is 2.26. The zero-order chi connectivity index (χ0) is 17.7. The van der Waals surface area contributed by atoms with Gasteiger partial charge >= 0.3 is 0 Å². The average Bonchev–Trinajstić information content (AvgIpc) is 2.56. The number of benzene rings is 1. The number of hydrazine groups is 1. The first-order chi connectivity index (χ1) is 11.3. The predicted octanol–water partition coefficient (Wildman–Crippen LogP) is 1.36. The normalized spacial score (nSPS) is 19.8. The van der Waals surface area contributed by atoms with Gasteiger partial charge < -0.3 is 5.11 Å². The molecule has 2 rings (SSSR count). The molecule has 0 spiro atoms. The molecule has 1 aromatic carbocycles. The lowest BCUT2D eigenvalue weighted by atomic mass is 10.1. The Bertz CT molecular complexity index is 730. The largest absolute Gasteiger partial charge is 0.389 e. The van der Waals surface area contributed by atoms with Crippen LogP contribution in [0.5, 0.6) is 0 Å². The third kappa shape index (κ3) is 4.48. The highest BCUT2D eigenvalue weighted by Crippen LogP contribution is 2.19. The molecule has 0 saturated carbocycles. The van der Waals surface area contributed by atoms with E-state index in [1.54, 1.807) is 0 Å². The van der Waals surface area contributed by atoms with Crippen LogP contribution in [0.3, 0.4) is 0 Å². The molecule has 1 aliphatic heterocycles. The highest BCUT2D eigenvalue weighted by atomic mass is 32.2. The highest BCUT2D eigenvalue weighted by molar-refractivity contribution is 7.89. The lowest BCUT2D eigenvalue weighted by molar-refractivity contribution is -0.384. The summed E-state index contributed by atoms with van der Waals surface area (Å²) < 4.78 is 24.9. The molecule has 0 saturated heterocycles. The van der Waals surface area contributed by atoms with E-state index in [0.29, 0.717) is 19.4 Å². The number of nitro groups is 1. The number of nitrogens with one attached hydrogen (secondary N) is 1. The number of hydrogen-bond acceptors (Lipinski definition) is 6. The summed E-state index contributed by atoms with van der Waals surface area (Å²) in [6, 6.07) is 4.36. The Morgan fingerprint density at radius 3 is 2.71 bits per heavy atom. The molecule has 130 valence electrons. The van der Waals surface area contributed by atoms with E-state index in [9.17, 15) is 23.6 Å². The third-order valence-electron chi connectivity index (χ3n) is 3.65. The number of hydrogen-bond donors (Lipinski definition) is 2. The molecule has 0 radical (unpaired) electrons. The van der Waals surface area contributed by atoms with Crippen LogP contribution in [0.15, 0.2) is 54.0 Å². The molecule has 2 N–H and O–H groups in total. The summed E-state index contributed by atoms with van der Waals surface area (Å²) in [5.74, 6) is 0. The van der Waals surface area contributed by atoms with Gasteiger partial charge in [0.2, 0.25) is 0 Å². The molecular weight excluding hydrogens is 334 g/mol. The number of sulfonamides is 1. The number of aliphatic hydroxyl groups excluding tert-OH is 1. The van der Waals surface area contributed by atoms with Gasteiger partial charge in [-0.2, -0.15) is 0 Å². The van der Waals surface area contributed by atoms with E-state index >= 15 is 0 Å². The number of nitrogens with zero attached hydrogens (tertiary/aromatic N) is 2. The molecule has 0 fully saturated rings. The Labute approximate surface area is 140 Å². The van der Waals surface area contributed by atoms with Crippen molar-refractivity contribution in [3.05, 3.63) is 59.2 Å². The Kier molecular flexibility index (Phi) is 5.84. The van der Waals surface area contributed by atoms with Gasteiger partial charge in [0.15, 0.2) is 0 Å². The van der Waals surface area contributed by atoms with Crippen LogP contribution in [0, 0.1) is 10.1 Å². The van der Waals surface area contributed by atoms with Crippen LogP contribution >= 0.6 is 0 Å². The Morgan fingerprint density at radius 1 is 1.46 bits per heavy atom. The van der Waals surface area contributed by atoms with Crippen molar-refractivity contribution in [2.45, 2.75) is 29.9 Å². The van der Waals surface area contributed by atoms with Gasteiger partial charge in [-0.25, -0.2) is 13.4 Å². The van der Waals surface area contributed by atoms with E-state index in [0.717, 1.165) is 12.1 Å². The van der Waals surface area contributed by atoms with Crippen molar-refractivity contribution in [3.8, 4) is 0 Å². The first kappa shape index (κ1) is 18.3. The van der Waals surface area contributed by atoms with Crippen LogP contribution in [0.25, 0.3) is 0 Å². The minimum absolute atomic E-state index is 0.0642. The van der Waals surface area contributed by atoms with Crippen LogP contribution in [-0.2, 0) is 10.0 Å². The number of aliphatic hydroxyl groups is 1.